The van der Waals surface area contributed by atoms with Gasteiger partial charge >= 0.3 is 0 Å². The first kappa shape index (κ1) is 43.3. The van der Waals surface area contributed by atoms with E-state index in [0.29, 0.717) is 47.4 Å². The van der Waals surface area contributed by atoms with Gasteiger partial charge in [-0.1, -0.05) is 55.3 Å². The number of carbonyl (C=O) groups is 3. The molecule has 3 aromatic carbocycles. The molecule has 0 bridgehead atoms. The van der Waals surface area contributed by atoms with Crippen molar-refractivity contribution in [3.8, 4) is 22.8 Å². The summed E-state index contributed by atoms with van der Waals surface area (Å²) in [5.41, 5.74) is 0.473. The van der Waals surface area contributed by atoms with Crippen molar-refractivity contribution in [3.63, 3.8) is 0 Å². The van der Waals surface area contributed by atoms with Crippen molar-refractivity contribution >= 4 is 44.3 Å². The number of fused-ring (bicyclic) bond motifs is 1. The number of hydrogen-bond acceptors (Lipinski definition) is 9. The van der Waals surface area contributed by atoms with E-state index in [-0.39, 0.29) is 31.5 Å². The summed E-state index contributed by atoms with van der Waals surface area (Å²) >= 11 is 0. The van der Waals surface area contributed by atoms with Gasteiger partial charge in [0.1, 0.15) is 46.9 Å². The van der Waals surface area contributed by atoms with Crippen LogP contribution in [0.4, 0.5) is 14.5 Å². The molecular weight excluding hydrogens is 805 g/mol. The van der Waals surface area contributed by atoms with Gasteiger partial charge in [-0.25, -0.2) is 22.2 Å². The molecule has 4 aromatic rings. The average Bonchev–Trinajstić information content (AvgIpc) is 4.13. The average molecular weight is 856 g/mol. The van der Waals surface area contributed by atoms with Gasteiger partial charge in [0.15, 0.2) is 0 Å². The third kappa shape index (κ3) is 9.41. The normalized spacial score (nSPS) is 21.8. The molecule has 61 heavy (non-hydrogen) atoms. The van der Waals surface area contributed by atoms with Gasteiger partial charge < -0.3 is 25.0 Å². The number of pyridine rings is 1. The number of benzene rings is 3. The third-order valence-electron chi connectivity index (χ3n) is 12.0. The number of ether oxygens (including phenoxy) is 2. The summed E-state index contributed by atoms with van der Waals surface area (Å²) in [5, 5.41) is 6.51. The molecule has 3 fully saturated rings. The first-order chi connectivity index (χ1) is 29.2. The lowest BCUT2D eigenvalue weighted by atomic mass is 10.0. The zero-order valence-electron chi connectivity index (χ0n) is 34.3. The molecule has 15 heteroatoms. The number of halogens is 2. The number of anilines is 1. The summed E-state index contributed by atoms with van der Waals surface area (Å²) in [6, 6.07) is 17.4. The predicted octanol–water partition coefficient (Wildman–Crippen LogP) is 7.21. The number of unbranched alkanes of at least 4 members (excludes halogenated alkanes) is 3. The summed E-state index contributed by atoms with van der Waals surface area (Å²) < 4.78 is 68.4. The molecule has 0 unspecified atom stereocenters. The number of allylic oxidation sites excluding steroid dienone is 1. The van der Waals surface area contributed by atoms with E-state index < -0.39 is 73.8 Å². The van der Waals surface area contributed by atoms with Crippen molar-refractivity contribution in [2.45, 2.75) is 93.2 Å². The number of rotatable bonds is 19. The van der Waals surface area contributed by atoms with Crippen LogP contribution in [0.2, 0.25) is 0 Å². The number of sulfonamides is 1. The number of hydrogen-bond donors (Lipinski definition) is 3. The van der Waals surface area contributed by atoms with Crippen molar-refractivity contribution in [2.75, 3.05) is 19.0 Å². The SMILES string of the molecule is C=CCCCCC[C@H](Nc1cc(F)cc(F)c1)C(=O)N1C[C@H](Oc2cc(-c3ccccc3)nc3cc(OC)ccc23)C[C@H]1C(=O)N[C@]1(C(=O)NS(=O)(=O)C2(C)CC2)C[C@H]1C=C. The Bertz CT molecular complexity index is 2430. The lowest BCUT2D eigenvalue weighted by Crippen LogP contribution is -2.58. The summed E-state index contributed by atoms with van der Waals surface area (Å²) in [6.45, 7) is 9.07. The zero-order chi connectivity index (χ0) is 43.5. The highest BCUT2D eigenvalue weighted by atomic mass is 32.2. The molecule has 7 rings (SSSR count). The van der Waals surface area contributed by atoms with Crippen LogP contribution in [-0.4, -0.2) is 78.2 Å². The molecule has 1 saturated heterocycles. The molecule has 3 N–H and O–H groups in total. The van der Waals surface area contributed by atoms with Gasteiger partial charge in [0.25, 0.3) is 5.91 Å². The van der Waals surface area contributed by atoms with Crippen LogP contribution in [0.5, 0.6) is 11.5 Å². The predicted molar refractivity (Wildman–Crippen MR) is 229 cm³/mol. The van der Waals surface area contributed by atoms with Crippen LogP contribution in [0.15, 0.2) is 98.1 Å². The van der Waals surface area contributed by atoms with Gasteiger partial charge in [0, 0.05) is 47.2 Å². The van der Waals surface area contributed by atoms with Crippen molar-refractivity contribution in [1.29, 1.82) is 0 Å². The Labute approximate surface area is 354 Å². The molecule has 2 saturated carbocycles. The summed E-state index contributed by atoms with van der Waals surface area (Å²) in [7, 11) is -2.48. The van der Waals surface area contributed by atoms with Gasteiger partial charge in [0.2, 0.25) is 21.8 Å². The van der Waals surface area contributed by atoms with Gasteiger partial charge in [0.05, 0.1) is 29.6 Å². The number of aromatic nitrogens is 1. The molecule has 1 aromatic heterocycles. The highest BCUT2D eigenvalue weighted by Crippen LogP contribution is 2.47. The molecule has 3 amide bonds. The Hall–Kier alpha value is -5.83. The minimum absolute atomic E-state index is 0.00825. The number of nitrogens with zero attached hydrogens (tertiary/aromatic N) is 2. The van der Waals surface area contributed by atoms with Gasteiger partial charge in [-0.2, -0.15) is 0 Å². The Morgan fingerprint density at radius 2 is 1.74 bits per heavy atom. The van der Waals surface area contributed by atoms with Crippen LogP contribution in [0.1, 0.15) is 64.7 Å². The molecule has 0 spiro atoms. The van der Waals surface area contributed by atoms with Crippen LogP contribution in [-0.2, 0) is 24.4 Å². The van der Waals surface area contributed by atoms with Crippen molar-refractivity contribution in [2.24, 2.45) is 5.92 Å². The fourth-order valence-electron chi connectivity index (χ4n) is 7.94. The molecule has 5 atom stereocenters. The summed E-state index contributed by atoms with van der Waals surface area (Å²) in [6.07, 6.45) is 6.63. The molecule has 2 heterocycles. The van der Waals surface area contributed by atoms with E-state index in [4.69, 9.17) is 14.5 Å². The van der Waals surface area contributed by atoms with Crippen LogP contribution in [0.25, 0.3) is 22.2 Å². The number of carbonyl (C=O) groups excluding carboxylic acids is 3. The molecule has 322 valence electrons. The van der Waals surface area contributed by atoms with E-state index >= 15 is 0 Å². The maximum Gasteiger partial charge on any atom is 0.259 e. The molecule has 12 nitrogen and oxygen atoms in total. The van der Waals surface area contributed by atoms with Crippen molar-refractivity contribution in [1.82, 2.24) is 19.9 Å². The second-order valence-corrected chi connectivity index (χ2v) is 18.6. The second kappa shape index (κ2) is 17.6. The standard InChI is InChI=1S/C46H51F2N5O7S/c1-5-7-8-9-13-16-37(49-33-22-31(47)21-32(48)23-33)43(55)53-28-35(60-41-26-38(29-14-11-10-12-15-29)50-39-24-34(59-4)17-18-36(39)41)25-40(53)42(54)51-46(27-30(46)6-2)44(56)52-61(57,58)45(3)19-20-45/h5-6,10-12,14-15,17-18,21-24,26,30,35,37,40,49H,1-2,7-9,13,16,19-20,25,27-28H2,3-4H3,(H,51,54)(H,52,56)/t30-,35-,37+,40+,46-/m1/s1. The molecule has 0 radical (unpaired) electrons. The van der Waals surface area contributed by atoms with E-state index in [1.165, 1.54) is 11.0 Å². The maximum atomic E-state index is 14.8. The highest BCUT2D eigenvalue weighted by Gasteiger charge is 2.63. The van der Waals surface area contributed by atoms with E-state index in [2.05, 4.69) is 28.5 Å². The summed E-state index contributed by atoms with van der Waals surface area (Å²) in [4.78, 5) is 49.5. The smallest absolute Gasteiger partial charge is 0.259 e. The van der Waals surface area contributed by atoms with Crippen LogP contribution in [0, 0.1) is 17.6 Å². The first-order valence-electron chi connectivity index (χ1n) is 20.6. The zero-order valence-corrected chi connectivity index (χ0v) is 35.1. The first-order valence-corrected chi connectivity index (χ1v) is 22.0. The van der Waals surface area contributed by atoms with E-state index in [9.17, 15) is 31.6 Å². The van der Waals surface area contributed by atoms with E-state index in [1.54, 1.807) is 38.3 Å². The Kier molecular flexibility index (Phi) is 12.5. The number of likely N-dealkylation sites (tertiary alicyclic amines) is 1. The largest absolute Gasteiger partial charge is 0.497 e. The Balaban J connectivity index is 1.22. The Morgan fingerprint density at radius 3 is 2.39 bits per heavy atom. The van der Waals surface area contributed by atoms with E-state index in [0.717, 1.165) is 43.0 Å². The molecule has 1 aliphatic heterocycles. The minimum Gasteiger partial charge on any atom is -0.497 e. The minimum atomic E-state index is -4.04. The molecular formula is C46H51F2N5O7S. The van der Waals surface area contributed by atoms with Gasteiger partial charge in [-0.05, 0) is 69.7 Å². The highest BCUT2D eigenvalue weighted by molar-refractivity contribution is 7.91. The maximum absolute atomic E-state index is 14.8. The molecule has 3 aliphatic rings. The summed E-state index contributed by atoms with van der Waals surface area (Å²) in [5.74, 6) is -3.28. The van der Waals surface area contributed by atoms with Gasteiger partial charge in [-0.15, -0.1) is 13.2 Å². The topological polar surface area (TPSA) is 156 Å². The van der Waals surface area contributed by atoms with Crippen LogP contribution in [0.3, 0.4) is 0 Å². The quantitative estimate of drug-likeness (QED) is 0.0656. The molecule has 2 aliphatic carbocycles. The van der Waals surface area contributed by atoms with Crippen LogP contribution >= 0.6 is 0 Å². The van der Waals surface area contributed by atoms with Crippen molar-refractivity contribution in [3.05, 3.63) is 110 Å². The fraction of sp³-hybridized carbons (Fsp3) is 0.391. The lowest BCUT2D eigenvalue weighted by molar-refractivity contribution is -0.140. The number of nitrogens with one attached hydrogen (secondary N) is 3. The number of amides is 3. The van der Waals surface area contributed by atoms with E-state index in [1.807, 2.05) is 36.4 Å². The fourth-order valence-corrected chi connectivity index (χ4v) is 9.25. The number of methoxy groups -OCH3 is 1. The monoisotopic (exact) mass is 855 g/mol. The van der Waals surface area contributed by atoms with Gasteiger partial charge in [-0.3, -0.25) is 19.1 Å². The van der Waals surface area contributed by atoms with Crippen LogP contribution < -0.4 is 24.8 Å². The third-order valence-corrected chi connectivity index (χ3v) is 14.1. The second-order valence-electron chi connectivity index (χ2n) is 16.4. The lowest BCUT2D eigenvalue weighted by Gasteiger charge is -2.30. The van der Waals surface area contributed by atoms with Crippen molar-refractivity contribution < 1.29 is 41.1 Å². The Morgan fingerprint density at radius 1 is 1.00 bits per heavy atom.